The molecule has 0 fully saturated rings. The van der Waals surface area contributed by atoms with E-state index in [0.29, 0.717) is 12.0 Å². The fraction of sp³-hybridized carbons (Fsp3) is 0.800. The summed E-state index contributed by atoms with van der Waals surface area (Å²) in [5, 5.41) is 0. The van der Waals surface area contributed by atoms with Gasteiger partial charge in [0.25, 0.3) is 0 Å². The van der Waals surface area contributed by atoms with Gasteiger partial charge in [-0.15, -0.1) is 0 Å². The lowest BCUT2D eigenvalue weighted by molar-refractivity contribution is 0.234. The van der Waals surface area contributed by atoms with E-state index in [1.807, 2.05) is 0 Å². The van der Waals surface area contributed by atoms with Gasteiger partial charge in [0.15, 0.2) is 0 Å². The summed E-state index contributed by atoms with van der Waals surface area (Å²) >= 11 is 0. The quantitative estimate of drug-likeness (QED) is 0.603. The summed E-state index contributed by atoms with van der Waals surface area (Å²) in [5.41, 5.74) is 1.16. The molecular weight excluding hydrogens is 134 g/mol. The Balaban J connectivity index is 4.13. The molecule has 0 radical (unpaired) electrons. The van der Waals surface area contributed by atoms with Gasteiger partial charge in [-0.2, -0.15) is 0 Å². The molecule has 1 heteroatoms. The Bertz CT molecular complexity index is 127. The van der Waals surface area contributed by atoms with Crippen LogP contribution in [0, 0.1) is 5.92 Å². The van der Waals surface area contributed by atoms with Gasteiger partial charge in [-0.05, 0) is 19.3 Å². The summed E-state index contributed by atoms with van der Waals surface area (Å²) in [6.07, 6.45) is 1.20. The monoisotopic (exact) mass is 155 g/mol. The average molecular weight is 155 g/mol. The van der Waals surface area contributed by atoms with Crippen LogP contribution in [-0.2, 0) is 0 Å². The molecule has 0 aromatic rings. The van der Waals surface area contributed by atoms with Crippen molar-refractivity contribution in [3.05, 3.63) is 12.3 Å². The van der Waals surface area contributed by atoms with E-state index in [2.05, 4.69) is 46.2 Å². The molecule has 0 heterocycles. The Kier molecular flexibility index (Phi) is 4.24. The van der Waals surface area contributed by atoms with Crippen LogP contribution in [-0.4, -0.2) is 18.0 Å². The highest BCUT2D eigenvalue weighted by Gasteiger charge is 2.15. The normalized spacial score (nSPS) is 13.3. The summed E-state index contributed by atoms with van der Waals surface area (Å²) in [5.74, 6) is 0.710. The molecule has 0 rings (SSSR count). The van der Waals surface area contributed by atoms with Gasteiger partial charge < -0.3 is 4.90 Å². The Hall–Kier alpha value is -0.460. The lowest BCUT2D eigenvalue weighted by Crippen LogP contribution is -2.33. The third-order valence-corrected chi connectivity index (χ3v) is 2.29. The molecule has 0 aromatic carbocycles. The molecule has 1 unspecified atom stereocenters. The summed E-state index contributed by atoms with van der Waals surface area (Å²) in [6.45, 7) is 12.7. The van der Waals surface area contributed by atoms with Gasteiger partial charge in [0.05, 0.1) is 0 Å². The van der Waals surface area contributed by atoms with Crippen LogP contribution in [0.3, 0.4) is 0 Å². The van der Waals surface area contributed by atoms with E-state index in [-0.39, 0.29) is 0 Å². The first-order valence-corrected chi connectivity index (χ1v) is 4.39. The number of nitrogens with zero attached hydrogens (tertiary/aromatic N) is 1. The first kappa shape index (κ1) is 10.5. The van der Waals surface area contributed by atoms with Gasteiger partial charge in [0.2, 0.25) is 0 Å². The first-order valence-electron chi connectivity index (χ1n) is 4.39. The van der Waals surface area contributed by atoms with Crippen LogP contribution in [0.1, 0.15) is 34.1 Å². The van der Waals surface area contributed by atoms with Gasteiger partial charge >= 0.3 is 0 Å². The second kappa shape index (κ2) is 4.42. The molecule has 11 heavy (non-hydrogen) atoms. The van der Waals surface area contributed by atoms with Crippen molar-refractivity contribution in [3.8, 4) is 0 Å². The van der Waals surface area contributed by atoms with Gasteiger partial charge in [-0.3, -0.25) is 0 Å². The first-order chi connectivity index (χ1) is 5.00. The van der Waals surface area contributed by atoms with Gasteiger partial charge in [0, 0.05) is 18.8 Å². The number of hydrogen-bond acceptors (Lipinski definition) is 1. The van der Waals surface area contributed by atoms with Crippen molar-refractivity contribution in [2.24, 2.45) is 5.92 Å². The third kappa shape index (κ3) is 2.96. The molecule has 0 saturated carbocycles. The Morgan fingerprint density at radius 1 is 1.45 bits per heavy atom. The van der Waals surface area contributed by atoms with Crippen LogP contribution in [0.15, 0.2) is 12.3 Å². The average Bonchev–Trinajstić information content (AvgIpc) is 1.88. The van der Waals surface area contributed by atoms with Crippen molar-refractivity contribution >= 4 is 0 Å². The van der Waals surface area contributed by atoms with Crippen molar-refractivity contribution < 1.29 is 0 Å². The molecule has 1 atom stereocenters. The van der Waals surface area contributed by atoms with Crippen molar-refractivity contribution in [2.75, 3.05) is 7.05 Å². The molecule has 0 aromatic heterocycles. The van der Waals surface area contributed by atoms with Crippen LogP contribution in [0.2, 0.25) is 0 Å². The molecule has 1 nitrogen and oxygen atoms in total. The Morgan fingerprint density at radius 2 is 1.91 bits per heavy atom. The maximum Gasteiger partial charge on any atom is 0.0303 e. The van der Waals surface area contributed by atoms with Crippen LogP contribution < -0.4 is 0 Å². The predicted molar refractivity (Wildman–Crippen MR) is 51.5 cm³/mol. The van der Waals surface area contributed by atoms with Crippen LogP contribution >= 0.6 is 0 Å². The zero-order valence-electron chi connectivity index (χ0n) is 8.52. The van der Waals surface area contributed by atoms with Crippen LogP contribution in [0.25, 0.3) is 0 Å². The van der Waals surface area contributed by atoms with Crippen molar-refractivity contribution in [1.29, 1.82) is 0 Å². The van der Waals surface area contributed by atoms with E-state index in [1.165, 1.54) is 6.42 Å². The predicted octanol–water partition coefficient (Wildman–Crippen LogP) is 2.89. The molecule has 0 aliphatic rings. The molecular formula is C10H21N. The van der Waals surface area contributed by atoms with Crippen molar-refractivity contribution in [2.45, 2.75) is 40.2 Å². The molecule has 0 aliphatic carbocycles. The minimum atomic E-state index is 0.646. The molecule has 66 valence electrons. The van der Waals surface area contributed by atoms with Gasteiger partial charge in [-0.25, -0.2) is 0 Å². The van der Waals surface area contributed by atoms with E-state index in [9.17, 15) is 0 Å². The fourth-order valence-corrected chi connectivity index (χ4v) is 1.48. The number of allylic oxidation sites excluding steroid dienone is 1. The molecule has 0 aliphatic heterocycles. The van der Waals surface area contributed by atoms with Gasteiger partial charge in [0.1, 0.15) is 0 Å². The summed E-state index contributed by atoms with van der Waals surface area (Å²) in [4.78, 5) is 2.27. The molecule has 0 amide bonds. The Morgan fingerprint density at radius 3 is 2.00 bits per heavy atom. The minimum Gasteiger partial charge on any atom is -0.375 e. The maximum atomic E-state index is 3.93. The summed E-state index contributed by atoms with van der Waals surface area (Å²) in [7, 11) is 2.12. The van der Waals surface area contributed by atoms with E-state index in [1.54, 1.807) is 0 Å². The highest BCUT2D eigenvalue weighted by atomic mass is 15.1. The van der Waals surface area contributed by atoms with Gasteiger partial charge in [-0.1, -0.05) is 27.4 Å². The maximum absolute atomic E-state index is 3.93. The SMILES string of the molecule is C=C(C)N(C)C(CC)C(C)C. The smallest absolute Gasteiger partial charge is 0.0303 e. The van der Waals surface area contributed by atoms with Crippen molar-refractivity contribution in [3.63, 3.8) is 0 Å². The standard InChI is InChI=1S/C10H21N/c1-7-10(8(2)3)11(6)9(4)5/h8,10H,4,7H2,1-3,5-6H3. The second-order valence-electron chi connectivity index (χ2n) is 3.57. The van der Waals surface area contributed by atoms with Crippen LogP contribution in [0.4, 0.5) is 0 Å². The molecule has 0 saturated heterocycles. The second-order valence-corrected chi connectivity index (χ2v) is 3.57. The van der Waals surface area contributed by atoms with E-state index < -0.39 is 0 Å². The molecule has 0 N–H and O–H groups in total. The number of hydrogen-bond donors (Lipinski definition) is 0. The highest BCUT2D eigenvalue weighted by Crippen LogP contribution is 2.15. The molecule has 0 bridgehead atoms. The van der Waals surface area contributed by atoms with E-state index >= 15 is 0 Å². The zero-order chi connectivity index (χ0) is 9.02. The highest BCUT2D eigenvalue weighted by molar-refractivity contribution is 4.90. The third-order valence-electron chi connectivity index (χ3n) is 2.29. The van der Waals surface area contributed by atoms with Crippen LogP contribution in [0.5, 0.6) is 0 Å². The zero-order valence-corrected chi connectivity index (χ0v) is 8.52. The molecule has 0 spiro atoms. The lowest BCUT2D eigenvalue weighted by Gasteiger charge is -2.32. The van der Waals surface area contributed by atoms with Crippen molar-refractivity contribution in [1.82, 2.24) is 4.90 Å². The largest absolute Gasteiger partial charge is 0.375 e. The summed E-state index contributed by atoms with van der Waals surface area (Å²) < 4.78 is 0. The summed E-state index contributed by atoms with van der Waals surface area (Å²) in [6, 6.07) is 0.646. The van der Waals surface area contributed by atoms with E-state index in [0.717, 1.165) is 5.70 Å². The minimum absolute atomic E-state index is 0.646. The number of rotatable bonds is 4. The van der Waals surface area contributed by atoms with E-state index in [4.69, 9.17) is 0 Å². The topological polar surface area (TPSA) is 3.24 Å². The fourth-order valence-electron chi connectivity index (χ4n) is 1.48. The lowest BCUT2D eigenvalue weighted by atomic mass is 10.0. The Labute approximate surface area is 71.1 Å².